The van der Waals surface area contributed by atoms with Crippen molar-refractivity contribution in [2.45, 2.75) is 31.7 Å². The highest BCUT2D eigenvalue weighted by Gasteiger charge is 2.25. The maximum atomic E-state index is 12.4. The normalized spacial score (nSPS) is 12.9. The predicted molar refractivity (Wildman–Crippen MR) is 85.0 cm³/mol. The first-order valence-electron chi connectivity index (χ1n) is 6.30. The minimum absolute atomic E-state index is 0.00630. The van der Waals surface area contributed by atoms with E-state index >= 15 is 0 Å². The van der Waals surface area contributed by atoms with Crippen LogP contribution >= 0.6 is 23.2 Å². The third-order valence-corrected chi connectivity index (χ3v) is 5.40. The van der Waals surface area contributed by atoms with E-state index in [9.17, 15) is 8.42 Å². The van der Waals surface area contributed by atoms with E-state index in [-0.39, 0.29) is 33.5 Å². The highest BCUT2D eigenvalue weighted by molar-refractivity contribution is 7.89. The monoisotopic (exact) mass is 349 g/mol. The van der Waals surface area contributed by atoms with Crippen LogP contribution in [0.25, 0.3) is 0 Å². The minimum Gasteiger partial charge on any atom is -0.384 e. The summed E-state index contributed by atoms with van der Waals surface area (Å²) in [5, 5.41) is 8.64. The Balaban J connectivity index is 3.25. The summed E-state index contributed by atoms with van der Waals surface area (Å²) in [4.78, 5) is -0.159. The van der Waals surface area contributed by atoms with Gasteiger partial charge < -0.3 is 5.11 Å². The largest absolute Gasteiger partial charge is 0.384 e. The fourth-order valence-electron chi connectivity index (χ4n) is 1.47. The van der Waals surface area contributed by atoms with Gasteiger partial charge in [0.25, 0.3) is 0 Å². The number of aliphatic hydroxyl groups excluding tert-OH is 1. The Morgan fingerprint density at radius 2 is 1.76 bits per heavy atom. The number of rotatable bonds is 4. The van der Waals surface area contributed by atoms with E-state index in [4.69, 9.17) is 28.3 Å². The molecule has 0 saturated heterocycles. The Bertz CT molecular complexity index is 652. The number of aliphatic hydroxyl groups is 1. The maximum absolute atomic E-state index is 12.4. The van der Waals surface area contributed by atoms with Gasteiger partial charge in [0.1, 0.15) is 11.5 Å². The fraction of sp³-hybridized carbons (Fsp3) is 0.429. The lowest BCUT2D eigenvalue weighted by Crippen LogP contribution is -2.36. The average molecular weight is 350 g/mol. The van der Waals surface area contributed by atoms with E-state index in [1.165, 1.54) is 12.1 Å². The molecule has 0 radical (unpaired) electrons. The van der Waals surface area contributed by atoms with Gasteiger partial charge in [-0.15, -0.1) is 0 Å². The zero-order valence-electron chi connectivity index (χ0n) is 11.9. The van der Waals surface area contributed by atoms with Gasteiger partial charge in [0.15, 0.2) is 0 Å². The number of hydrogen-bond donors (Lipinski definition) is 2. The molecule has 7 heteroatoms. The molecule has 0 amide bonds. The van der Waals surface area contributed by atoms with Crippen LogP contribution in [0.1, 0.15) is 26.3 Å². The molecule has 1 unspecified atom stereocenters. The molecule has 0 aliphatic rings. The van der Waals surface area contributed by atoms with Crippen molar-refractivity contribution in [3.05, 3.63) is 27.7 Å². The molecule has 116 valence electrons. The first-order valence-corrected chi connectivity index (χ1v) is 8.54. The van der Waals surface area contributed by atoms with Gasteiger partial charge in [-0.2, -0.15) is 0 Å². The Hall–Kier alpha value is -0.770. The molecule has 1 atom stereocenters. The van der Waals surface area contributed by atoms with Gasteiger partial charge in [0.05, 0.1) is 10.0 Å². The van der Waals surface area contributed by atoms with Gasteiger partial charge in [-0.05, 0) is 25.0 Å². The van der Waals surface area contributed by atoms with E-state index in [0.717, 1.165) is 0 Å². The molecule has 1 rings (SSSR count). The quantitative estimate of drug-likeness (QED) is 0.821. The Labute approximate surface area is 135 Å². The summed E-state index contributed by atoms with van der Waals surface area (Å²) in [7, 11) is -3.81. The summed E-state index contributed by atoms with van der Waals surface area (Å²) >= 11 is 12.1. The number of nitrogens with one attached hydrogen (secondary N) is 1. The third kappa shape index (κ3) is 4.87. The van der Waals surface area contributed by atoms with Crippen LogP contribution in [-0.2, 0) is 10.0 Å². The number of benzene rings is 1. The van der Waals surface area contributed by atoms with Gasteiger partial charge in [-0.1, -0.05) is 48.9 Å². The lowest BCUT2D eigenvalue weighted by atomic mass is 10.1. The first kappa shape index (κ1) is 18.3. The Kier molecular flexibility index (Phi) is 6.51. The molecular weight excluding hydrogens is 333 g/mol. The smallest absolute Gasteiger partial charge is 0.243 e. The number of sulfonamides is 1. The molecule has 0 fully saturated rings. The second kappa shape index (κ2) is 7.48. The van der Waals surface area contributed by atoms with Crippen molar-refractivity contribution >= 4 is 33.2 Å². The van der Waals surface area contributed by atoms with Crippen molar-refractivity contribution in [3.8, 4) is 11.8 Å². The first-order chi connectivity index (χ1) is 9.69. The zero-order valence-corrected chi connectivity index (χ0v) is 14.3. The molecule has 1 aromatic rings. The fourth-order valence-corrected chi connectivity index (χ4v) is 4.08. The standard InChI is InChI=1S/C14H17Cl2NO3S/c1-9(2)10(3)17-21(19,20)14-12(15)7-11(5-4-6-18)8-13(14)16/h7-10,17-18H,6H2,1-3H3. The molecule has 0 aliphatic carbocycles. The van der Waals surface area contributed by atoms with Crippen molar-refractivity contribution in [1.29, 1.82) is 0 Å². The van der Waals surface area contributed by atoms with Crippen molar-refractivity contribution < 1.29 is 13.5 Å². The van der Waals surface area contributed by atoms with E-state index in [0.29, 0.717) is 5.56 Å². The zero-order chi connectivity index (χ0) is 16.2. The summed E-state index contributed by atoms with van der Waals surface area (Å²) in [6.07, 6.45) is 0. The Morgan fingerprint density at radius 3 is 2.19 bits per heavy atom. The molecule has 1 aromatic carbocycles. The van der Waals surface area contributed by atoms with Gasteiger partial charge in [0, 0.05) is 11.6 Å². The summed E-state index contributed by atoms with van der Waals surface area (Å²) in [6, 6.07) is 2.56. The van der Waals surface area contributed by atoms with Gasteiger partial charge >= 0.3 is 0 Å². The van der Waals surface area contributed by atoms with Crippen LogP contribution in [0.4, 0.5) is 0 Å². The van der Waals surface area contributed by atoms with Crippen molar-refractivity contribution in [1.82, 2.24) is 4.72 Å². The van der Waals surface area contributed by atoms with Crippen LogP contribution in [0, 0.1) is 17.8 Å². The van der Waals surface area contributed by atoms with E-state index in [1.807, 2.05) is 13.8 Å². The third-order valence-electron chi connectivity index (χ3n) is 2.92. The Morgan fingerprint density at radius 1 is 1.24 bits per heavy atom. The summed E-state index contributed by atoms with van der Waals surface area (Å²) in [6.45, 7) is 5.28. The second-order valence-corrected chi connectivity index (χ2v) is 7.35. The van der Waals surface area contributed by atoms with Gasteiger partial charge in [-0.3, -0.25) is 0 Å². The van der Waals surface area contributed by atoms with Crippen LogP contribution in [0.15, 0.2) is 17.0 Å². The molecule has 0 heterocycles. The molecular formula is C14H17Cl2NO3S. The van der Waals surface area contributed by atoms with Crippen molar-refractivity contribution in [2.24, 2.45) is 5.92 Å². The molecule has 2 N–H and O–H groups in total. The van der Waals surface area contributed by atoms with Crippen molar-refractivity contribution in [3.63, 3.8) is 0 Å². The summed E-state index contributed by atoms with van der Waals surface area (Å²) < 4.78 is 27.3. The van der Waals surface area contributed by atoms with Crippen LogP contribution in [0.3, 0.4) is 0 Å². The highest BCUT2D eigenvalue weighted by atomic mass is 35.5. The molecule has 0 aliphatic heterocycles. The molecule has 0 saturated carbocycles. The SMILES string of the molecule is CC(C)C(C)NS(=O)(=O)c1c(Cl)cc(C#CCO)cc1Cl. The topological polar surface area (TPSA) is 66.4 Å². The lowest BCUT2D eigenvalue weighted by molar-refractivity contribution is 0.350. The van der Waals surface area contributed by atoms with E-state index in [1.54, 1.807) is 6.92 Å². The van der Waals surface area contributed by atoms with Crippen molar-refractivity contribution in [2.75, 3.05) is 6.61 Å². The molecule has 0 spiro atoms. The van der Waals surface area contributed by atoms with Crippen LogP contribution < -0.4 is 4.72 Å². The maximum Gasteiger partial charge on any atom is 0.243 e. The predicted octanol–water partition coefficient (Wildman–Crippen LogP) is 2.66. The van der Waals surface area contributed by atoms with Crippen LogP contribution in [0.5, 0.6) is 0 Å². The molecule has 0 aromatic heterocycles. The lowest BCUT2D eigenvalue weighted by Gasteiger charge is -2.18. The molecule has 4 nitrogen and oxygen atoms in total. The summed E-state index contributed by atoms with van der Waals surface area (Å²) in [5.41, 5.74) is 0.440. The van der Waals surface area contributed by atoms with E-state index < -0.39 is 10.0 Å². The minimum atomic E-state index is -3.81. The van der Waals surface area contributed by atoms with Gasteiger partial charge in [0.2, 0.25) is 10.0 Å². The average Bonchev–Trinajstić information content (AvgIpc) is 2.34. The number of hydrogen-bond acceptors (Lipinski definition) is 3. The highest BCUT2D eigenvalue weighted by Crippen LogP contribution is 2.31. The van der Waals surface area contributed by atoms with E-state index in [2.05, 4.69) is 16.6 Å². The molecule has 0 bridgehead atoms. The van der Waals surface area contributed by atoms with Gasteiger partial charge in [-0.25, -0.2) is 13.1 Å². The molecule has 21 heavy (non-hydrogen) atoms. The van der Waals surface area contributed by atoms with Crippen LogP contribution in [-0.4, -0.2) is 26.2 Å². The number of halogens is 2. The second-order valence-electron chi connectivity index (χ2n) is 4.88. The van der Waals surface area contributed by atoms with Crippen LogP contribution in [0.2, 0.25) is 10.0 Å². The summed E-state index contributed by atoms with van der Waals surface area (Å²) in [5.74, 6) is 5.21.